The Morgan fingerprint density at radius 1 is 1.38 bits per heavy atom. The molecule has 24 heavy (non-hydrogen) atoms. The Morgan fingerprint density at radius 2 is 2.17 bits per heavy atom. The van der Waals surface area contributed by atoms with Gasteiger partial charge in [-0.2, -0.15) is 0 Å². The summed E-state index contributed by atoms with van der Waals surface area (Å²) in [6, 6.07) is 7.54. The Bertz CT molecular complexity index is 731. The predicted octanol–water partition coefficient (Wildman–Crippen LogP) is 2.69. The van der Waals surface area contributed by atoms with Gasteiger partial charge in [-0.25, -0.2) is 4.79 Å². The summed E-state index contributed by atoms with van der Waals surface area (Å²) in [6.45, 7) is 4.10. The molecule has 0 bridgehead atoms. The summed E-state index contributed by atoms with van der Waals surface area (Å²) in [5, 5.41) is 25.1. The van der Waals surface area contributed by atoms with E-state index in [1.54, 1.807) is 0 Å². The summed E-state index contributed by atoms with van der Waals surface area (Å²) < 4.78 is 0. The lowest BCUT2D eigenvalue weighted by molar-refractivity contribution is 0.164. The molecule has 1 aromatic carbocycles. The van der Waals surface area contributed by atoms with Crippen molar-refractivity contribution in [1.82, 2.24) is 15.5 Å². The van der Waals surface area contributed by atoms with Crippen molar-refractivity contribution in [3.63, 3.8) is 0 Å². The molecular weight excluding hydrogens is 324 g/mol. The third-order valence-corrected chi connectivity index (χ3v) is 5.11. The van der Waals surface area contributed by atoms with E-state index in [-0.39, 0.29) is 12.6 Å². The number of carbonyl (C=O) groups excluding carboxylic acids is 1. The van der Waals surface area contributed by atoms with Gasteiger partial charge in [0.05, 0.1) is 12.1 Å². The quantitative estimate of drug-likeness (QED) is 0.777. The van der Waals surface area contributed by atoms with Crippen LogP contribution in [0.5, 0.6) is 0 Å². The zero-order valence-electron chi connectivity index (χ0n) is 13.9. The molecule has 1 atom stereocenters. The maximum atomic E-state index is 12.4. The third-order valence-electron chi connectivity index (χ3n) is 4.25. The van der Waals surface area contributed by atoms with E-state index in [0.717, 1.165) is 23.4 Å². The minimum absolute atomic E-state index is 0.133. The first kappa shape index (κ1) is 16.9. The highest BCUT2D eigenvalue weighted by atomic mass is 32.1. The molecule has 0 saturated heterocycles. The molecule has 6 nitrogen and oxygen atoms in total. The Balaban J connectivity index is 1.69. The summed E-state index contributed by atoms with van der Waals surface area (Å²) in [4.78, 5) is 12.4. The van der Waals surface area contributed by atoms with Crippen LogP contribution in [0.3, 0.4) is 0 Å². The number of aryl methyl sites for hydroxylation is 1. The molecule has 7 heteroatoms. The van der Waals surface area contributed by atoms with E-state index in [1.807, 2.05) is 24.3 Å². The number of aromatic nitrogens is 2. The molecule has 2 aromatic rings. The second kappa shape index (κ2) is 6.86. The van der Waals surface area contributed by atoms with E-state index in [2.05, 4.69) is 34.7 Å². The standard InChI is InChI=1S/C17H22N4O2S/c1-11(2)9-14-20-21-16(24-14)18-15(23)19-17(10-22)8-7-12-5-3-4-6-13(12)17/h3-6,11,22H,7-10H2,1-2H3,(H2,18,19,21,23). The van der Waals surface area contributed by atoms with Crippen LogP contribution >= 0.6 is 11.3 Å². The second-order valence-corrected chi connectivity index (χ2v) is 7.64. The van der Waals surface area contributed by atoms with Crippen LogP contribution in [0.1, 0.15) is 36.4 Å². The van der Waals surface area contributed by atoms with Gasteiger partial charge in [-0.05, 0) is 29.9 Å². The van der Waals surface area contributed by atoms with Gasteiger partial charge in [0.1, 0.15) is 5.01 Å². The lowest BCUT2D eigenvalue weighted by Crippen LogP contribution is -2.48. The van der Waals surface area contributed by atoms with E-state index in [1.165, 1.54) is 16.9 Å². The first-order valence-corrected chi connectivity index (χ1v) is 8.95. The van der Waals surface area contributed by atoms with E-state index >= 15 is 0 Å². The highest BCUT2D eigenvalue weighted by Gasteiger charge is 2.39. The molecule has 0 saturated carbocycles. The van der Waals surface area contributed by atoms with Gasteiger partial charge in [0.15, 0.2) is 0 Å². The molecule has 0 spiro atoms. The zero-order chi connectivity index (χ0) is 17.2. The van der Waals surface area contributed by atoms with Crippen LogP contribution in [0.2, 0.25) is 0 Å². The topological polar surface area (TPSA) is 87.1 Å². The van der Waals surface area contributed by atoms with E-state index in [9.17, 15) is 9.90 Å². The number of fused-ring (bicyclic) bond motifs is 1. The number of nitrogens with one attached hydrogen (secondary N) is 2. The minimum Gasteiger partial charge on any atom is -0.394 e. The van der Waals surface area contributed by atoms with Gasteiger partial charge in [-0.15, -0.1) is 10.2 Å². The second-order valence-electron chi connectivity index (χ2n) is 6.58. The molecule has 2 amide bonds. The van der Waals surface area contributed by atoms with E-state index < -0.39 is 5.54 Å². The number of rotatable bonds is 5. The maximum Gasteiger partial charge on any atom is 0.321 e. The van der Waals surface area contributed by atoms with Gasteiger partial charge in [-0.3, -0.25) is 5.32 Å². The molecule has 1 aromatic heterocycles. The summed E-state index contributed by atoms with van der Waals surface area (Å²) in [7, 11) is 0. The molecular formula is C17H22N4O2S. The van der Waals surface area contributed by atoms with Crippen molar-refractivity contribution in [2.24, 2.45) is 5.92 Å². The van der Waals surface area contributed by atoms with Gasteiger partial charge < -0.3 is 10.4 Å². The first-order chi connectivity index (χ1) is 11.5. The third kappa shape index (κ3) is 3.42. The number of hydrogen-bond acceptors (Lipinski definition) is 5. The molecule has 3 rings (SSSR count). The highest BCUT2D eigenvalue weighted by Crippen LogP contribution is 2.36. The largest absolute Gasteiger partial charge is 0.394 e. The van der Waals surface area contributed by atoms with Gasteiger partial charge in [0.2, 0.25) is 5.13 Å². The van der Waals surface area contributed by atoms with Crippen LogP contribution in [-0.4, -0.2) is 27.9 Å². The monoisotopic (exact) mass is 346 g/mol. The number of nitrogens with zero attached hydrogens (tertiary/aromatic N) is 2. The normalized spacial score (nSPS) is 19.3. The van der Waals surface area contributed by atoms with Crippen molar-refractivity contribution in [1.29, 1.82) is 0 Å². The number of hydrogen-bond donors (Lipinski definition) is 3. The van der Waals surface area contributed by atoms with Crippen molar-refractivity contribution in [3.05, 3.63) is 40.4 Å². The lowest BCUT2D eigenvalue weighted by Gasteiger charge is -2.29. The maximum absolute atomic E-state index is 12.4. The first-order valence-electron chi connectivity index (χ1n) is 8.13. The van der Waals surface area contributed by atoms with Crippen LogP contribution in [0.4, 0.5) is 9.93 Å². The smallest absolute Gasteiger partial charge is 0.321 e. The number of aliphatic hydroxyl groups is 1. The number of benzene rings is 1. The Labute approximate surface area is 145 Å². The van der Waals surface area contributed by atoms with Crippen LogP contribution in [0.15, 0.2) is 24.3 Å². The molecule has 1 unspecified atom stereocenters. The number of urea groups is 1. The molecule has 3 N–H and O–H groups in total. The van der Waals surface area contributed by atoms with Crippen molar-refractivity contribution < 1.29 is 9.90 Å². The molecule has 128 valence electrons. The van der Waals surface area contributed by atoms with Crippen LogP contribution in [-0.2, 0) is 18.4 Å². The summed E-state index contributed by atoms with van der Waals surface area (Å²) in [5.41, 5.74) is 1.42. The highest BCUT2D eigenvalue weighted by molar-refractivity contribution is 7.15. The molecule has 0 radical (unpaired) electrons. The zero-order valence-corrected chi connectivity index (χ0v) is 14.7. The summed E-state index contributed by atoms with van der Waals surface area (Å²) in [5.74, 6) is 0.493. The number of amides is 2. The molecule has 1 aliphatic rings. The SMILES string of the molecule is CC(C)Cc1nnc(NC(=O)NC2(CO)CCc3ccccc32)s1. The fourth-order valence-electron chi connectivity index (χ4n) is 3.10. The van der Waals surface area contributed by atoms with Crippen LogP contribution < -0.4 is 10.6 Å². The molecule has 1 heterocycles. The lowest BCUT2D eigenvalue weighted by atomic mass is 9.93. The van der Waals surface area contributed by atoms with Crippen molar-refractivity contribution in [2.45, 2.75) is 38.6 Å². The fraction of sp³-hybridized carbons (Fsp3) is 0.471. The van der Waals surface area contributed by atoms with Crippen molar-refractivity contribution in [3.8, 4) is 0 Å². The number of aliphatic hydroxyl groups excluding tert-OH is 1. The Kier molecular flexibility index (Phi) is 4.82. The average molecular weight is 346 g/mol. The van der Waals surface area contributed by atoms with Crippen molar-refractivity contribution in [2.75, 3.05) is 11.9 Å². The number of carbonyl (C=O) groups is 1. The molecule has 1 aliphatic carbocycles. The summed E-state index contributed by atoms with van der Waals surface area (Å²) in [6.07, 6.45) is 2.37. The average Bonchev–Trinajstić information content (AvgIpc) is 3.12. The predicted molar refractivity (Wildman–Crippen MR) is 94.1 cm³/mol. The van der Waals surface area contributed by atoms with Crippen molar-refractivity contribution >= 4 is 22.5 Å². The van der Waals surface area contributed by atoms with Gasteiger partial charge in [0, 0.05) is 6.42 Å². The minimum atomic E-state index is -0.730. The fourth-order valence-corrected chi connectivity index (χ4v) is 4.05. The summed E-state index contributed by atoms with van der Waals surface area (Å²) >= 11 is 1.38. The Hall–Kier alpha value is -1.99. The van der Waals surface area contributed by atoms with E-state index in [4.69, 9.17) is 0 Å². The number of anilines is 1. The van der Waals surface area contributed by atoms with Crippen LogP contribution in [0, 0.1) is 5.92 Å². The molecule has 0 fully saturated rings. The van der Waals surface area contributed by atoms with Gasteiger partial charge in [0.25, 0.3) is 0 Å². The van der Waals surface area contributed by atoms with Crippen LogP contribution in [0.25, 0.3) is 0 Å². The van der Waals surface area contributed by atoms with Gasteiger partial charge >= 0.3 is 6.03 Å². The molecule has 0 aliphatic heterocycles. The van der Waals surface area contributed by atoms with E-state index in [0.29, 0.717) is 17.5 Å². The van der Waals surface area contributed by atoms with Gasteiger partial charge in [-0.1, -0.05) is 49.4 Å². The Morgan fingerprint density at radius 3 is 2.92 bits per heavy atom.